The van der Waals surface area contributed by atoms with Gasteiger partial charge in [-0.1, -0.05) is 0 Å². The molecule has 0 radical (unpaired) electrons. The van der Waals surface area contributed by atoms with Gasteiger partial charge in [0.05, 0.1) is 25.5 Å². The Kier molecular flexibility index (Phi) is 4.61. The highest BCUT2D eigenvalue weighted by molar-refractivity contribution is 5.75. The van der Waals surface area contributed by atoms with Crippen LogP contribution in [-0.4, -0.2) is 67.5 Å². The first-order valence-electron chi connectivity index (χ1n) is 10.8. The number of methoxy groups -OCH3 is 1. The molecule has 1 atom stereocenters. The third-order valence-corrected chi connectivity index (χ3v) is 7.01. The van der Waals surface area contributed by atoms with Gasteiger partial charge in [0.25, 0.3) is 0 Å². The minimum absolute atomic E-state index is 0.0745. The van der Waals surface area contributed by atoms with Gasteiger partial charge in [-0.15, -0.1) is 0 Å². The Bertz CT molecular complexity index is 1270. The molecule has 5 heterocycles. The molecule has 0 bridgehead atoms. The van der Waals surface area contributed by atoms with E-state index < -0.39 is 0 Å². The maximum absolute atomic E-state index is 9.40. The van der Waals surface area contributed by atoms with Gasteiger partial charge in [0.1, 0.15) is 22.9 Å². The van der Waals surface area contributed by atoms with Crippen LogP contribution in [0.2, 0.25) is 0 Å². The van der Waals surface area contributed by atoms with Crippen LogP contribution >= 0.6 is 0 Å². The third-order valence-electron chi connectivity index (χ3n) is 7.01. The topological polar surface area (TPSA) is 98.4 Å². The van der Waals surface area contributed by atoms with Crippen molar-refractivity contribution < 1.29 is 4.74 Å². The fourth-order valence-electron chi connectivity index (χ4n) is 5.11. The van der Waals surface area contributed by atoms with Gasteiger partial charge in [-0.3, -0.25) is 9.58 Å². The summed E-state index contributed by atoms with van der Waals surface area (Å²) < 4.78 is 9.35. The zero-order chi connectivity index (χ0) is 22.6. The molecule has 9 nitrogen and oxygen atoms in total. The van der Waals surface area contributed by atoms with Crippen LogP contribution in [0, 0.1) is 29.7 Å². The Morgan fingerprint density at radius 3 is 2.56 bits per heavy atom. The van der Waals surface area contributed by atoms with E-state index in [4.69, 9.17) is 9.84 Å². The van der Waals surface area contributed by atoms with Crippen LogP contribution in [0.15, 0.2) is 24.7 Å². The van der Waals surface area contributed by atoms with E-state index in [0.29, 0.717) is 28.9 Å². The van der Waals surface area contributed by atoms with Crippen LogP contribution in [0.3, 0.4) is 0 Å². The molecule has 2 saturated heterocycles. The molecule has 0 aromatic carbocycles. The van der Waals surface area contributed by atoms with E-state index in [1.807, 2.05) is 23.4 Å². The van der Waals surface area contributed by atoms with Gasteiger partial charge >= 0.3 is 0 Å². The number of pyridine rings is 1. The summed E-state index contributed by atoms with van der Waals surface area (Å²) in [7, 11) is 1.60. The molecule has 2 aliphatic rings. The smallest absolute Gasteiger partial charge is 0.179 e. The van der Waals surface area contributed by atoms with Crippen molar-refractivity contribution in [1.82, 2.24) is 29.2 Å². The Labute approximate surface area is 187 Å². The number of rotatable bonds is 4. The average Bonchev–Trinajstić information content (AvgIpc) is 3.41. The summed E-state index contributed by atoms with van der Waals surface area (Å²) in [5.74, 6) is 0.615. The highest BCUT2D eigenvalue weighted by atomic mass is 16.5. The van der Waals surface area contributed by atoms with E-state index in [-0.39, 0.29) is 5.54 Å². The van der Waals surface area contributed by atoms with Crippen LogP contribution < -0.4 is 4.74 Å². The molecule has 0 unspecified atom stereocenters. The van der Waals surface area contributed by atoms with Crippen LogP contribution in [0.25, 0.3) is 16.6 Å². The lowest BCUT2D eigenvalue weighted by Crippen LogP contribution is -2.53. The van der Waals surface area contributed by atoms with E-state index in [1.54, 1.807) is 17.8 Å². The largest absolute Gasteiger partial charge is 0.494 e. The first-order chi connectivity index (χ1) is 15.4. The van der Waals surface area contributed by atoms with E-state index in [2.05, 4.69) is 47.7 Å². The Hall–Kier alpha value is -3.56. The number of ether oxygens (including phenoxy) is 1. The summed E-state index contributed by atoms with van der Waals surface area (Å²) in [5, 5.41) is 27.7. The molecule has 0 saturated carbocycles. The highest BCUT2D eigenvalue weighted by Gasteiger charge is 2.44. The zero-order valence-corrected chi connectivity index (χ0v) is 18.8. The van der Waals surface area contributed by atoms with Gasteiger partial charge in [-0.05, 0) is 33.3 Å². The van der Waals surface area contributed by atoms with Crippen molar-refractivity contribution in [1.29, 1.82) is 10.5 Å². The number of aromatic nitrogens is 4. The Balaban J connectivity index is 1.37. The maximum atomic E-state index is 9.40. The molecule has 9 heteroatoms. The van der Waals surface area contributed by atoms with E-state index in [0.717, 1.165) is 42.9 Å². The quantitative estimate of drug-likeness (QED) is 0.587. The monoisotopic (exact) mass is 430 g/mol. The van der Waals surface area contributed by atoms with Gasteiger partial charge < -0.3 is 9.64 Å². The van der Waals surface area contributed by atoms with Crippen molar-refractivity contribution in [3.8, 4) is 29.1 Å². The highest BCUT2D eigenvalue weighted by Crippen LogP contribution is 2.37. The molecule has 2 fully saturated rings. The number of likely N-dealkylation sites (tertiary alicyclic amines) is 2. The number of hydrogen-bond acceptors (Lipinski definition) is 7. The summed E-state index contributed by atoms with van der Waals surface area (Å²) in [5.41, 5.74) is 4.15. The van der Waals surface area contributed by atoms with Crippen molar-refractivity contribution in [2.75, 3.05) is 26.7 Å². The lowest BCUT2D eigenvalue weighted by molar-refractivity contribution is 0.0560. The van der Waals surface area contributed by atoms with E-state index in [1.165, 1.54) is 0 Å². The minimum atomic E-state index is -0.0745. The van der Waals surface area contributed by atoms with Crippen LogP contribution in [-0.2, 0) is 0 Å². The molecular weight excluding hydrogens is 404 g/mol. The second-order valence-electron chi connectivity index (χ2n) is 9.34. The molecular formula is C23H26N8O. The molecule has 0 aliphatic carbocycles. The first kappa shape index (κ1) is 20.3. The van der Waals surface area contributed by atoms with Gasteiger partial charge in [-0.2, -0.15) is 20.7 Å². The lowest BCUT2D eigenvalue weighted by Gasteiger charge is -2.43. The molecule has 0 spiro atoms. The van der Waals surface area contributed by atoms with Crippen LogP contribution in [0.4, 0.5) is 0 Å². The first-order valence-corrected chi connectivity index (χ1v) is 10.8. The van der Waals surface area contributed by atoms with Crippen molar-refractivity contribution in [2.45, 2.75) is 44.8 Å². The SMILES string of the molecule is COc1cc(-c2cnn(C3CN([C@H]4CN(C#N)C(C)(C)C4)C3)c2C)cn2ncc(C#N)c12. The van der Waals surface area contributed by atoms with E-state index in [9.17, 15) is 10.5 Å². The molecule has 164 valence electrons. The minimum Gasteiger partial charge on any atom is -0.494 e. The van der Waals surface area contributed by atoms with E-state index >= 15 is 0 Å². The molecule has 3 aromatic rings. The fraction of sp³-hybridized carbons (Fsp3) is 0.478. The number of fused-ring (bicyclic) bond motifs is 1. The molecule has 5 rings (SSSR count). The molecule has 0 amide bonds. The predicted octanol–water partition coefficient (Wildman–Crippen LogP) is 2.58. The van der Waals surface area contributed by atoms with Crippen molar-refractivity contribution in [3.05, 3.63) is 35.9 Å². The summed E-state index contributed by atoms with van der Waals surface area (Å²) in [6.45, 7) is 9.04. The summed E-state index contributed by atoms with van der Waals surface area (Å²) >= 11 is 0. The molecule has 2 aliphatic heterocycles. The third kappa shape index (κ3) is 3.01. The van der Waals surface area contributed by atoms with Crippen LogP contribution in [0.5, 0.6) is 5.75 Å². The lowest BCUT2D eigenvalue weighted by atomic mass is 9.97. The average molecular weight is 431 g/mol. The molecule has 32 heavy (non-hydrogen) atoms. The summed E-state index contributed by atoms with van der Waals surface area (Å²) in [6, 6.07) is 4.84. The van der Waals surface area contributed by atoms with Crippen molar-refractivity contribution in [3.63, 3.8) is 0 Å². The van der Waals surface area contributed by atoms with Crippen LogP contribution in [0.1, 0.15) is 37.6 Å². The predicted molar refractivity (Wildman–Crippen MR) is 118 cm³/mol. The number of hydrogen-bond donors (Lipinski definition) is 0. The second-order valence-corrected chi connectivity index (χ2v) is 9.34. The van der Waals surface area contributed by atoms with Gasteiger partial charge in [0, 0.05) is 54.2 Å². The fourth-order valence-corrected chi connectivity index (χ4v) is 5.11. The second kappa shape index (κ2) is 7.25. The van der Waals surface area contributed by atoms with Gasteiger partial charge in [0.15, 0.2) is 6.19 Å². The Morgan fingerprint density at radius 2 is 1.91 bits per heavy atom. The van der Waals surface area contributed by atoms with Crippen molar-refractivity contribution >= 4 is 5.52 Å². The summed E-state index contributed by atoms with van der Waals surface area (Å²) in [4.78, 5) is 4.37. The molecule has 0 N–H and O–H groups in total. The number of nitriles is 2. The summed E-state index contributed by atoms with van der Waals surface area (Å²) in [6.07, 6.45) is 8.71. The van der Waals surface area contributed by atoms with Gasteiger partial charge in [-0.25, -0.2) is 4.52 Å². The Morgan fingerprint density at radius 1 is 1.12 bits per heavy atom. The standard InChI is InChI=1S/C23H26N8O/c1-15-20(16-5-21(32-4)22-17(7-24)8-26-30(22)10-16)9-27-31(15)19-11-28(12-19)18-6-23(2,3)29(13-18)14-25/h5,8-10,18-19H,6,11-13H2,1-4H3/t18-/m1/s1. The zero-order valence-electron chi connectivity index (χ0n) is 18.8. The maximum Gasteiger partial charge on any atom is 0.179 e. The molecule has 3 aromatic heterocycles. The normalized spacial score (nSPS) is 20.8. The number of nitrogens with zero attached hydrogens (tertiary/aromatic N) is 8. The van der Waals surface area contributed by atoms with Gasteiger partial charge in [0.2, 0.25) is 0 Å². The van der Waals surface area contributed by atoms with Crippen molar-refractivity contribution in [2.24, 2.45) is 0 Å².